The molecule has 1 aromatic rings. The van der Waals surface area contributed by atoms with Crippen molar-refractivity contribution < 1.29 is 9.53 Å². The normalized spacial score (nSPS) is 22.6. The van der Waals surface area contributed by atoms with Crippen LogP contribution in [0.5, 0.6) is 0 Å². The summed E-state index contributed by atoms with van der Waals surface area (Å²) in [4.78, 5) is 11.2. The topological polar surface area (TPSA) is 50.4 Å². The van der Waals surface area contributed by atoms with Crippen molar-refractivity contribution in [2.45, 2.75) is 38.6 Å². The van der Waals surface area contributed by atoms with Gasteiger partial charge in [0.1, 0.15) is 0 Å². The van der Waals surface area contributed by atoms with E-state index in [2.05, 4.69) is 22.3 Å². The number of benzene rings is 1. The van der Waals surface area contributed by atoms with Crippen molar-refractivity contribution in [3.8, 4) is 0 Å². The number of hydrogen-bond donors (Lipinski definition) is 2. The maximum atomic E-state index is 11.2. The van der Waals surface area contributed by atoms with Crippen LogP contribution in [0.1, 0.15) is 32.6 Å². The second-order valence-corrected chi connectivity index (χ2v) is 5.31. The van der Waals surface area contributed by atoms with Gasteiger partial charge in [-0.2, -0.15) is 0 Å². The number of carbonyl (C=O) groups excluding carboxylic acids is 1. The van der Waals surface area contributed by atoms with Crippen molar-refractivity contribution >= 4 is 17.5 Å². The van der Waals surface area contributed by atoms with Gasteiger partial charge < -0.3 is 10.1 Å². The summed E-state index contributed by atoms with van der Waals surface area (Å²) in [6.07, 6.45) is 4.62. The Morgan fingerprint density at radius 1 is 1.32 bits per heavy atom. The molecule has 1 aliphatic rings. The van der Waals surface area contributed by atoms with E-state index < -0.39 is 6.09 Å². The summed E-state index contributed by atoms with van der Waals surface area (Å²) >= 11 is 0. The molecule has 1 aromatic carbocycles. The van der Waals surface area contributed by atoms with E-state index in [1.165, 1.54) is 32.8 Å². The number of hydrogen-bond acceptors (Lipinski definition) is 3. The maximum Gasteiger partial charge on any atom is 0.411 e. The van der Waals surface area contributed by atoms with E-state index in [-0.39, 0.29) is 0 Å². The monoisotopic (exact) mass is 262 g/mol. The minimum Gasteiger partial charge on any atom is -0.453 e. The van der Waals surface area contributed by atoms with Crippen molar-refractivity contribution in [2.75, 3.05) is 17.7 Å². The van der Waals surface area contributed by atoms with Gasteiger partial charge in [0.05, 0.1) is 7.11 Å². The molecule has 0 bridgehead atoms. The van der Waals surface area contributed by atoms with Crippen LogP contribution in [0, 0.1) is 5.92 Å². The Morgan fingerprint density at radius 3 is 2.84 bits per heavy atom. The van der Waals surface area contributed by atoms with Crippen LogP contribution in [0.15, 0.2) is 24.3 Å². The Kier molecular flexibility index (Phi) is 4.66. The van der Waals surface area contributed by atoms with E-state index in [0.717, 1.165) is 17.3 Å². The van der Waals surface area contributed by atoms with Crippen LogP contribution < -0.4 is 10.6 Å². The van der Waals surface area contributed by atoms with Gasteiger partial charge in [-0.25, -0.2) is 4.79 Å². The predicted molar refractivity (Wildman–Crippen MR) is 77.5 cm³/mol. The molecule has 2 rings (SSSR count). The first-order valence-corrected chi connectivity index (χ1v) is 6.89. The quantitative estimate of drug-likeness (QED) is 0.869. The largest absolute Gasteiger partial charge is 0.453 e. The van der Waals surface area contributed by atoms with Gasteiger partial charge in [0.2, 0.25) is 0 Å². The molecule has 4 nitrogen and oxygen atoms in total. The molecule has 4 heteroatoms. The zero-order valence-corrected chi connectivity index (χ0v) is 11.6. The molecule has 0 radical (unpaired) electrons. The molecule has 0 aliphatic heterocycles. The Hall–Kier alpha value is -1.71. The molecule has 1 fully saturated rings. The molecule has 2 atom stereocenters. The van der Waals surface area contributed by atoms with Gasteiger partial charge in [0.25, 0.3) is 0 Å². The van der Waals surface area contributed by atoms with E-state index >= 15 is 0 Å². The van der Waals surface area contributed by atoms with Gasteiger partial charge in [-0.1, -0.05) is 25.8 Å². The molecule has 2 unspecified atom stereocenters. The minimum atomic E-state index is -0.441. The lowest BCUT2D eigenvalue weighted by molar-refractivity contribution is 0.187. The van der Waals surface area contributed by atoms with Crippen molar-refractivity contribution in [2.24, 2.45) is 5.92 Å². The highest BCUT2D eigenvalue weighted by Crippen LogP contribution is 2.27. The molecular formula is C15H22N2O2. The number of carbonyl (C=O) groups is 1. The number of nitrogens with one attached hydrogen (secondary N) is 2. The third-order valence-electron chi connectivity index (χ3n) is 3.60. The molecule has 1 amide bonds. The summed E-state index contributed by atoms with van der Waals surface area (Å²) in [5.41, 5.74) is 1.80. The minimum absolute atomic E-state index is 0.441. The first-order chi connectivity index (χ1) is 9.17. The highest BCUT2D eigenvalue weighted by atomic mass is 16.5. The Labute approximate surface area is 114 Å². The fraction of sp³-hybridized carbons (Fsp3) is 0.533. The number of ether oxygens (including phenoxy) is 1. The first-order valence-electron chi connectivity index (χ1n) is 6.89. The Morgan fingerprint density at radius 2 is 2.11 bits per heavy atom. The van der Waals surface area contributed by atoms with E-state index in [4.69, 9.17) is 0 Å². The molecule has 0 saturated heterocycles. The van der Waals surface area contributed by atoms with Gasteiger partial charge in [-0.05, 0) is 37.0 Å². The van der Waals surface area contributed by atoms with Crippen LogP contribution in [0.4, 0.5) is 16.2 Å². The lowest BCUT2D eigenvalue weighted by Crippen LogP contribution is -2.26. The van der Waals surface area contributed by atoms with Crippen LogP contribution in [0.25, 0.3) is 0 Å². The molecule has 104 valence electrons. The first kappa shape index (κ1) is 13.7. The molecule has 0 heterocycles. The number of anilines is 2. The van der Waals surface area contributed by atoms with Crippen LogP contribution in [0.3, 0.4) is 0 Å². The van der Waals surface area contributed by atoms with E-state index in [9.17, 15) is 4.79 Å². The summed E-state index contributed by atoms with van der Waals surface area (Å²) in [7, 11) is 1.36. The zero-order chi connectivity index (χ0) is 13.7. The van der Waals surface area contributed by atoms with E-state index in [1.807, 2.05) is 24.3 Å². The van der Waals surface area contributed by atoms with Crippen LogP contribution >= 0.6 is 0 Å². The standard InChI is InChI=1S/C15H22N2O2/c1-11-5-3-6-12(9-11)16-13-7-4-8-14(10-13)17-15(18)19-2/h4,7-8,10-12,16H,3,5-6,9H2,1-2H3,(H,17,18). The smallest absolute Gasteiger partial charge is 0.411 e. The van der Waals surface area contributed by atoms with Gasteiger partial charge in [-0.3, -0.25) is 5.32 Å². The second kappa shape index (κ2) is 6.45. The maximum absolute atomic E-state index is 11.2. The van der Waals surface area contributed by atoms with E-state index in [0.29, 0.717) is 6.04 Å². The number of methoxy groups -OCH3 is 1. The van der Waals surface area contributed by atoms with Crippen molar-refractivity contribution in [1.29, 1.82) is 0 Å². The molecule has 19 heavy (non-hydrogen) atoms. The fourth-order valence-electron chi connectivity index (χ4n) is 2.66. The molecule has 0 aromatic heterocycles. The van der Waals surface area contributed by atoms with Crippen LogP contribution in [-0.2, 0) is 4.74 Å². The number of amides is 1. The highest BCUT2D eigenvalue weighted by Gasteiger charge is 2.18. The highest BCUT2D eigenvalue weighted by molar-refractivity contribution is 5.85. The summed E-state index contributed by atoms with van der Waals surface area (Å²) in [5.74, 6) is 0.794. The summed E-state index contributed by atoms with van der Waals surface area (Å²) in [6.45, 7) is 2.31. The van der Waals surface area contributed by atoms with Gasteiger partial charge >= 0.3 is 6.09 Å². The zero-order valence-electron chi connectivity index (χ0n) is 11.6. The molecule has 1 aliphatic carbocycles. The van der Waals surface area contributed by atoms with Crippen LogP contribution in [0.2, 0.25) is 0 Å². The van der Waals surface area contributed by atoms with Gasteiger partial charge in [0, 0.05) is 17.4 Å². The Bertz CT molecular complexity index is 434. The molecule has 2 N–H and O–H groups in total. The lowest BCUT2D eigenvalue weighted by atomic mass is 9.87. The Balaban J connectivity index is 1.96. The van der Waals surface area contributed by atoms with Crippen LogP contribution in [-0.4, -0.2) is 19.2 Å². The fourth-order valence-corrected chi connectivity index (χ4v) is 2.66. The van der Waals surface area contributed by atoms with Crippen molar-refractivity contribution in [3.63, 3.8) is 0 Å². The molecule has 0 spiro atoms. The summed E-state index contributed by atoms with van der Waals surface area (Å²) in [5, 5.41) is 6.23. The lowest BCUT2D eigenvalue weighted by Gasteiger charge is -2.28. The van der Waals surface area contributed by atoms with Gasteiger partial charge in [0.15, 0.2) is 0 Å². The van der Waals surface area contributed by atoms with Crippen molar-refractivity contribution in [1.82, 2.24) is 0 Å². The van der Waals surface area contributed by atoms with Gasteiger partial charge in [-0.15, -0.1) is 0 Å². The summed E-state index contributed by atoms with van der Waals surface area (Å²) < 4.78 is 4.59. The third-order valence-corrected chi connectivity index (χ3v) is 3.60. The predicted octanol–water partition coefficient (Wildman–Crippen LogP) is 3.86. The average molecular weight is 262 g/mol. The average Bonchev–Trinajstić information content (AvgIpc) is 2.39. The third kappa shape index (κ3) is 4.16. The van der Waals surface area contributed by atoms with E-state index in [1.54, 1.807) is 0 Å². The second-order valence-electron chi connectivity index (χ2n) is 5.31. The number of rotatable bonds is 3. The SMILES string of the molecule is COC(=O)Nc1cccc(NC2CCCC(C)C2)c1. The van der Waals surface area contributed by atoms with Crippen molar-refractivity contribution in [3.05, 3.63) is 24.3 Å². The summed E-state index contributed by atoms with van der Waals surface area (Å²) in [6, 6.07) is 8.29. The molecular weight excluding hydrogens is 240 g/mol. The molecule has 1 saturated carbocycles.